The van der Waals surface area contributed by atoms with Crippen LogP contribution in [-0.2, 0) is 0 Å². The van der Waals surface area contributed by atoms with Gasteiger partial charge in [-0.2, -0.15) is 5.26 Å². The Hall–Kier alpha value is -2.78. The highest BCUT2D eigenvalue weighted by atomic mass is 32.1. The third-order valence-electron chi connectivity index (χ3n) is 3.25. The van der Waals surface area contributed by atoms with Crippen molar-refractivity contribution in [1.29, 1.82) is 5.26 Å². The average Bonchev–Trinajstić information content (AvgIpc) is 2.99. The van der Waals surface area contributed by atoms with Gasteiger partial charge in [-0.3, -0.25) is 4.79 Å². The number of ketones is 1. The molecule has 1 N–H and O–H groups in total. The third-order valence-corrected chi connectivity index (χ3v) is 4.26. The quantitative estimate of drug-likeness (QED) is 0.515. The molecule has 0 spiro atoms. The van der Waals surface area contributed by atoms with Gasteiger partial charge in [0, 0.05) is 0 Å². The molecule has 0 fully saturated rings. The fourth-order valence-corrected chi connectivity index (χ4v) is 2.92. The van der Waals surface area contributed by atoms with E-state index in [9.17, 15) is 15.2 Å². The monoisotopic (exact) mass is 329 g/mol. The third kappa shape index (κ3) is 3.35. The minimum Gasteiger partial charge on any atom is -0.502 e. The van der Waals surface area contributed by atoms with Crippen molar-refractivity contribution in [2.24, 2.45) is 0 Å². The highest BCUT2D eigenvalue weighted by Crippen LogP contribution is 2.37. The second-order valence-electron chi connectivity index (χ2n) is 4.71. The maximum atomic E-state index is 12.4. The lowest BCUT2D eigenvalue weighted by atomic mass is 10.0. The number of aromatic hydroxyl groups is 1. The molecule has 0 bridgehead atoms. The number of hydrogen-bond acceptors (Lipinski definition) is 6. The summed E-state index contributed by atoms with van der Waals surface area (Å²) in [5, 5.41) is 21.0. The van der Waals surface area contributed by atoms with Gasteiger partial charge in [0.2, 0.25) is 11.5 Å². The van der Waals surface area contributed by atoms with Crippen LogP contribution in [0.5, 0.6) is 17.2 Å². The highest BCUT2D eigenvalue weighted by molar-refractivity contribution is 7.12. The molecule has 0 saturated heterocycles. The van der Waals surface area contributed by atoms with Crippen molar-refractivity contribution in [3.63, 3.8) is 0 Å². The van der Waals surface area contributed by atoms with E-state index in [1.165, 1.54) is 43.8 Å². The van der Waals surface area contributed by atoms with Crippen molar-refractivity contribution in [2.45, 2.75) is 6.92 Å². The van der Waals surface area contributed by atoms with Crippen molar-refractivity contribution in [1.82, 2.24) is 0 Å². The fraction of sp³-hybridized carbons (Fsp3) is 0.176. The zero-order valence-electron chi connectivity index (χ0n) is 12.9. The molecule has 118 valence electrons. The van der Waals surface area contributed by atoms with Crippen LogP contribution in [0.15, 0.2) is 29.2 Å². The van der Waals surface area contributed by atoms with E-state index in [1.54, 1.807) is 0 Å². The molecule has 0 amide bonds. The number of methoxy groups -OCH3 is 2. The Morgan fingerprint density at radius 1 is 1.30 bits per heavy atom. The number of carbonyl (C=O) groups excluding carboxylic acids is 1. The van der Waals surface area contributed by atoms with E-state index in [0.717, 1.165) is 5.56 Å². The number of carbonyl (C=O) groups is 1. The molecule has 0 aliphatic heterocycles. The average molecular weight is 329 g/mol. The number of nitriles is 1. The van der Waals surface area contributed by atoms with Crippen LogP contribution in [0.25, 0.3) is 6.08 Å². The molecule has 0 aliphatic carbocycles. The Morgan fingerprint density at radius 2 is 1.91 bits per heavy atom. The number of phenols is 1. The Labute approximate surface area is 138 Å². The van der Waals surface area contributed by atoms with E-state index in [2.05, 4.69) is 0 Å². The number of allylic oxidation sites excluding steroid dienone is 1. The standard InChI is InChI=1S/C17H15NO4S/c1-10-4-5-23-17(10)15(19)12(9-18)6-11-7-13(21-2)16(20)14(8-11)22-3/h4-8,20H,1-3H3. The molecule has 0 aliphatic rings. The first-order valence-electron chi connectivity index (χ1n) is 6.67. The number of aryl methyl sites for hydroxylation is 1. The van der Waals surface area contributed by atoms with Gasteiger partial charge in [0.25, 0.3) is 0 Å². The lowest BCUT2D eigenvalue weighted by Gasteiger charge is -2.09. The molecule has 5 nitrogen and oxygen atoms in total. The lowest BCUT2D eigenvalue weighted by Crippen LogP contribution is -2.01. The molecule has 23 heavy (non-hydrogen) atoms. The number of Topliss-reactive ketones (excluding diaryl/α,β-unsaturated/α-hetero) is 1. The van der Waals surface area contributed by atoms with Crippen molar-refractivity contribution in [3.05, 3.63) is 45.2 Å². The Kier molecular flexibility index (Phi) is 5.04. The van der Waals surface area contributed by atoms with Crippen LogP contribution in [0, 0.1) is 18.3 Å². The number of nitrogens with zero attached hydrogens (tertiary/aromatic N) is 1. The van der Waals surface area contributed by atoms with Gasteiger partial charge < -0.3 is 14.6 Å². The van der Waals surface area contributed by atoms with Gasteiger partial charge in [0.15, 0.2) is 11.5 Å². The highest BCUT2D eigenvalue weighted by Gasteiger charge is 2.17. The number of benzene rings is 1. The zero-order valence-corrected chi connectivity index (χ0v) is 13.7. The minimum atomic E-state index is -0.328. The molecule has 2 rings (SSSR count). The van der Waals surface area contributed by atoms with Crippen molar-refractivity contribution in [2.75, 3.05) is 14.2 Å². The first-order chi connectivity index (χ1) is 11.0. The second kappa shape index (κ2) is 6.99. The van der Waals surface area contributed by atoms with Crippen LogP contribution in [0.2, 0.25) is 0 Å². The largest absolute Gasteiger partial charge is 0.502 e. The first-order valence-corrected chi connectivity index (χ1v) is 7.55. The maximum absolute atomic E-state index is 12.4. The van der Waals surface area contributed by atoms with Gasteiger partial charge >= 0.3 is 0 Å². The van der Waals surface area contributed by atoms with E-state index < -0.39 is 0 Å². The smallest absolute Gasteiger partial charge is 0.213 e. The van der Waals surface area contributed by atoms with Gasteiger partial charge in [-0.25, -0.2) is 0 Å². The van der Waals surface area contributed by atoms with E-state index in [1.807, 2.05) is 24.4 Å². The molecule has 1 aromatic carbocycles. The molecule has 0 saturated carbocycles. The minimum absolute atomic E-state index is 0.00495. The first kappa shape index (κ1) is 16.6. The molecular weight excluding hydrogens is 314 g/mol. The van der Waals surface area contributed by atoms with Crippen molar-refractivity contribution < 1.29 is 19.4 Å². The zero-order chi connectivity index (χ0) is 17.0. The summed E-state index contributed by atoms with van der Waals surface area (Å²) < 4.78 is 10.1. The topological polar surface area (TPSA) is 79.5 Å². The number of ether oxygens (including phenoxy) is 2. The second-order valence-corrected chi connectivity index (χ2v) is 5.62. The van der Waals surface area contributed by atoms with Gasteiger partial charge in [-0.05, 0) is 47.7 Å². The summed E-state index contributed by atoms with van der Waals surface area (Å²) in [7, 11) is 2.82. The van der Waals surface area contributed by atoms with E-state index >= 15 is 0 Å². The van der Waals surface area contributed by atoms with Gasteiger partial charge in [-0.1, -0.05) is 0 Å². The maximum Gasteiger partial charge on any atom is 0.213 e. The predicted octanol–water partition coefficient (Wildman–Crippen LogP) is 3.57. The Morgan fingerprint density at radius 3 is 2.35 bits per heavy atom. The SMILES string of the molecule is COc1cc(C=C(C#N)C(=O)c2sccc2C)cc(OC)c1O. The van der Waals surface area contributed by atoms with E-state index in [0.29, 0.717) is 10.4 Å². The lowest BCUT2D eigenvalue weighted by molar-refractivity contribution is 0.104. The Bertz CT molecular complexity index is 789. The van der Waals surface area contributed by atoms with Crippen molar-refractivity contribution >= 4 is 23.2 Å². The molecule has 6 heteroatoms. The van der Waals surface area contributed by atoms with Gasteiger partial charge in [0.1, 0.15) is 11.6 Å². The summed E-state index contributed by atoms with van der Waals surface area (Å²) in [4.78, 5) is 13.0. The molecular formula is C17H15NO4S. The number of rotatable bonds is 5. The van der Waals surface area contributed by atoms with Gasteiger partial charge in [-0.15, -0.1) is 11.3 Å². The Balaban J connectivity index is 2.49. The summed E-state index contributed by atoms with van der Waals surface area (Å²) in [5.41, 5.74) is 1.36. The molecule has 2 aromatic rings. The van der Waals surface area contributed by atoms with Gasteiger partial charge in [0.05, 0.1) is 19.1 Å². The van der Waals surface area contributed by atoms with Crippen LogP contribution in [0.3, 0.4) is 0 Å². The number of thiophene rings is 1. The summed E-state index contributed by atoms with van der Waals surface area (Å²) in [6.07, 6.45) is 1.45. The molecule has 1 aromatic heterocycles. The van der Waals surface area contributed by atoms with Crippen LogP contribution >= 0.6 is 11.3 Å². The molecule has 0 unspecified atom stereocenters. The van der Waals surface area contributed by atoms with Crippen LogP contribution in [0.4, 0.5) is 0 Å². The molecule has 0 atom stereocenters. The summed E-state index contributed by atoms with van der Waals surface area (Å²) in [5.74, 6) is -0.0580. The fourth-order valence-electron chi connectivity index (χ4n) is 2.04. The van der Waals surface area contributed by atoms with Crippen LogP contribution in [0.1, 0.15) is 20.8 Å². The summed E-state index contributed by atoms with van der Waals surface area (Å²) in [6.45, 7) is 1.82. The van der Waals surface area contributed by atoms with Crippen LogP contribution in [-0.4, -0.2) is 25.1 Å². The van der Waals surface area contributed by atoms with E-state index in [4.69, 9.17) is 9.47 Å². The molecule has 1 heterocycles. The summed E-state index contributed by atoms with van der Waals surface area (Å²) in [6, 6.07) is 6.83. The summed E-state index contributed by atoms with van der Waals surface area (Å²) >= 11 is 1.30. The molecule has 0 radical (unpaired) electrons. The van der Waals surface area contributed by atoms with E-state index in [-0.39, 0.29) is 28.6 Å². The number of phenolic OH excluding ortho intramolecular Hbond substituents is 1. The normalized spacial score (nSPS) is 11.0. The van der Waals surface area contributed by atoms with Crippen LogP contribution < -0.4 is 9.47 Å². The predicted molar refractivity (Wildman–Crippen MR) is 88.2 cm³/mol. The van der Waals surface area contributed by atoms with Crippen molar-refractivity contribution in [3.8, 4) is 23.3 Å². The number of hydrogen-bond donors (Lipinski definition) is 1.